The third-order valence-electron chi connectivity index (χ3n) is 2.01. The third-order valence-corrected chi connectivity index (χ3v) is 2.01. The van der Waals surface area contributed by atoms with Crippen molar-refractivity contribution in [1.29, 1.82) is 0 Å². The zero-order valence-electron chi connectivity index (χ0n) is 6.71. The van der Waals surface area contributed by atoms with E-state index in [9.17, 15) is 15.0 Å². The summed E-state index contributed by atoms with van der Waals surface area (Å²) in [6, 6.07) is 0. The van der Waals surface area contributed by atoms with E-state index in [1.165, 1.54) is 0 Å². The van der Waals surface area contributed by atoms with Crippen molar-refractivity contribution in [1.82, 2.24) is 0 Å². The summed E-state index contributed by atoms with van der Waals surface area (Å²) in [4.78, 5) is 10.3. The summed E-state index contributed by atoms with van der Waals surface area (Å²) in [6.45, 7) is 0. The Bertz CT molecular complexity index is 138. The fourth-order valence-electron chi connectivity index (χ4n) is 1.37. The van der Waals surface area contributed by atoms with Gasteiger partial charge in [-0.2, -0.15) is 0 Å². The van der Waals surface area contributed by atoms with Crippen LogP contribution in [0.25, 0.3) is 0 Å². The number of hydrogen-bond acceptors (Lipinski definition) is 3. The number of rotatable bonds is 1. The first kappa shape index (κ1) is 11.0. The normalized spacial score (nSPS) is 30.6. The Morgan fingerprint density at radius 3 is 2.18 bits per heavy atom. The number of hydrogen-bond donors (Lipinski definition) is 0. The molecule has 0 aliphatic heterocycles. The molecule has 4 heteroatoms. The van der Waals surface area contributed by atoms with Gasteiger partial charge in [-0.25, -0.2) is 0 Å². The number of carbonyl (C=O) groups is 1. The van der Waals surface area contributed by atoms with Crippen molar-refractivity contribution < 1.29 is 33.9 Å². The van der Waals surface area contributed by atoms with E-state index in [0.29, 0.717) is 12.8 Å². The summed E-state index contributed by atoms with van der Waals surface area (Å²) in [5.41, 5.74) is 0. The number of carboxylic acid groups (broad SMARTS) is 1. The first-order valence-electron chi connectivity index (χ1n) is 3.58. The monoisotopic (exact) mass is 149 g/mol. The van der Waals surface area contributed by atoms with E-state index < -0.39 is 18.0 Å². The minimum atomic E-state index is -1.17. The second kappa shape index (κ2) is 4.82. The largest absolute Gasteiger partial charge is 1.00 e. The maximum Gasteiger partial charge on any atom is 1.00 e. The topological polar surface area (TPSA) is 63.2 Å². The first-order valence-corrected chi connectivity index (χ1v) is 3.58. The Balaban J connectivity index is 0.000001000. The van der Waals surface area contributed by atoms with Gasteiger partial charge < -0.3 is 15.0 Å². The van der Waals surface area contributed by atoms with Crippen molar-refractivity contribution in [2.45, 2.75) is 31.8 Å². The van der Waals surface area contributed by atoms with Gasteiger partial charge in [0, 0.05) is 5.97 Å². The number of aliphatic carboxylic acids is 1. The number of carbonyl (C=O) groups excluding carboxylic acids is 1. The Morgan fingerprint density at radius 1 is 1.27 bits per heavy atom. The quantitative estimate of drug-likeness (QED) is 0.354. The van der Waals surface area contributed by atoms with E-state index in [-0.39, 0.29) is 18.9 Å². The zero-order chi connectivity index (χ0) is 7.56. The summed E-state index contributed by atoms with van der Waals surface area (Å²) in [5.74, 6) is -1.89. The van der Waals surface area contributed by atoms with E-state index in [1.807, 2.05) is 0 Å². The van der Waals surface area contributed by atoms with Gasteiger partial charge in [-0.15, -0.1) is 6.10 Å². The molecule has 0 aromatic carbocycles. The van der Waals surface area contributed by atoms with Crippen LogP contribution in [0.5, 0.6) is 0 Å². The zero-order valence-corrected chi connectivity index (χ0v) is 6.71. The SMILES string of the molecule is O=C([O-])C1CCCCC1[O-].[Li+]. The van der Waals surface area contributed by atoms with Crippen LogP contribution in [0.2, 0.25) is 0 Å². The van der Waals surface area contributed by atoms with Crippen molar-refractivity contribution in [2.24, 2.45) is 5.92 Å². The molecule has 1 aliphatic carbocycles. The third kappa shape index (κ3) is 2.86. The second-order valence-corrected chi connectivity index (χ2v) is 2.75. The summed E-state index contributed by atoms with van der Waals surface area (Å²) in [7, 11) is 0. The molecule has 2 unspecified atom stereocenters. The average Bonchev–Trinajstić information content (AvgIpc) is 1.88. The van der Waals surface area contributed by atoms with Gasteiger partial charge in [-0.05, 0) is 12.3 Å². The maximum absolute atomic E-state index is 10.9. The van der Waals surface area contributed by atoms with Crippen molar-refractivity contribution in [2.75, 3.05) is 0 Å². The van der Waals surface area contributed by atoms with Crippen LogP contribution >= 0.6 is 0 Å². The molecule has 0 N–H and O–H groups in total. The van der Waals surface area contributed by atoms with E-state index >= 15 is 0 Å². The molecule has 1 rings (SSSR count). The van der Waals surface area contributed by atoms with Crippen LogP contribution in [0, 0.1) is 5.92 Å². The first-order chi connectivity index (χ1) is 4.72. The molecular formula is C7H10LiO3-. The molecule has 0 bridgehead atoms. The molecular weight excluding hydrogens is 139 g/mol. The molecule has 0 aromatic rings. The molecule has 2 atom stereocenters. The van der Waals surface area contributed by atoms with Crippen molar-refractivity contribution >= 4 is 5.97 Å². The minimum Gasteiger partial charge on any atom is -0.851 e. The molecule has 3 nitrogen and oxygen atoms in total. The molecule has 58 valence electrons. The van der Waals surface area contributed by atoms with Gasteiger partial charge >= 0.3 is 18.9 Å². The summed E-state index contributed by atoms with van der Waals surface area (Å²) < 4.78 is 0. The Kier molecular flexibility index (Phi) is 4.83. The van der Waals surface area contributed by atoms with E-state index in [2.05, 4.69) is 0 Å². The van der Waals surface area contributed by atoms with Crippen LogP contribution in [0.3, 0.4) is 0 Å². The van der Waals surface area contributed by atoms with Crippen molar-refractivity contribution in [3.63, 3.8) is 0 Å². The predicted molar refractivity (Wildman–Crippen MR) is 30.8 cm³/mol. The van der Waals surface area contributed by atoms with Crippen LogP contribution in [-0.2, 0) is 4.79 Å². The number of carboxylic acids is 1. The molecule has 1 fully saturated rings. The molecule has 0 heterocycles. The molecule has 0 aromatic heterocycles. The van der Waals surface area contributed by atoms with Crippen LogP contribution in [-0.4, -0.2) is 12.1 Å². The smallest absolute Gasteiger partial charge is 0.851 e. The molecule has 0 spiro atoms. The fraction of sp³-hybridized carbons (Fsp3) is 0.857. The van der Waals surface area contributed by atoms with Gasteiger partial charge in [-0.3, -0.25) is 0 Å². The molecule has 11 heavy (non-hydrogen) atoms. The standard InChI is InChI=1S/C7H11O3.Li/c8-6-4-2-1-3-5(6)7(9)10;/h5-6H,1-4H2,(H,9,10);/q-1;+1/p-1. The van der Waals surface area contributed by atoms with Gasteiger partial charge in [0.25, 0.3) is 0 Å². The molecule has 1 saturated carbocycles. The Labute approximate surface area is 78.0 Å². The van der Waals surface area contributed by atoms with Gasteiger partial charge in [0.05, 0.1) is 0 Å². The Morgan fingerprint density at radius 2 is 1.82 bits per heavy atom. The molecule has 0 amide bonds. The maximum atomic E-state index is 10.9. The van der Waals surface area contributed by atoms with Crippen molar-refractivity contribution in [3.8, 4) is 0 Å². The minimum absolute atomic E-state index is 0. The van der Waals surface area contributed by atoms with Gasteiger partial charge in [0.2, 0.25) is 0 Å². The van der Waals surface area contributed by atoms with Gasteiger partial charge in [-0.1, -0.05) is 19.3 Å². The summed E-state index contributed by atoms with van der Waals surface area (Å²) in [6.07, 6.45) is 1.82. The van der Waals surface area contributed by atoms with E-state index in [1.54, 1.807) is 0 Å². The molecule has 1 aliphatic rings. The van der Waals surface area contributed by atoms with Crippen LogP contribution < -0.4 is 29.1 Å². The molecule has 0 saturated heterocycles. The predicted octanol–water partition coefficient (Wildman–Crippen LogP) is -4.34. The van der Waals surface area contributed by atoms with E-state index in [4.69, 9.17) is 0 Å². The van der Waals surface area contributed by atoms with Gasteiger partial charge in [0.1, 0.15) is 0 Å². The molecule has 0 radical (unpaired) electrons. The van der Waals surface area contributed by atoms with Crippen LogP contribution in [0.1, 0.15) is 25.7 Å². The van der Waals surface area contributed by atoms with Crippen LogP contribution in [0.15, 0.2) is 0 Å². The average molecular weight is 149 g/mol. The second-order valence-electron chi connectivity index (χ2n) is 2.75. The van der Waals surface area contributed by atoms with Crippen molar-refractivity contribution in [3.05, 3.63) is 0 Å². The summed E-state index contributed by atoms with van der Waals surface area (Å²) in [5, 5.41) is 21.2. The van der Waals surface area contributed by atoms with E-state index in [0.717, 1.165) is 12.8 Å². The summed E-state index contributed by atoms with van der Waals surface area (Å²) >= 11 is 0. The van der Waals surface area contributed by atoms with Gasteiger partial charge in [0.15, 0.2) is 0 Å². The fourth-order valence-corrected chi connectivity index (χ4v) is 1.37. The Hall–Kier alpha value is 0.0274. The van der Waals surface area contributed by atoms with Crippen LogP contribution in [0.4, 0.5) is 0 Å².